The Morgan fingerprint density at radius 2 is 2.05 bits per heavy atom. The van der Waals surface area contributed by atoms with Crippen LogP contribution in [0.25, 0.3) is 11.1 Å². The first-order chi connectivity index (χ1) is 9.54. The molecule has 0 atom stereocenters. The molecule has 0 spiro atoms. The number of hydrogen-bond donors (Lipinski definition) is 1. The first-order valence-corrected chi connectivity index (χ1v) is 8.25. The van der Waals surface area contributed by atoms with Gasteiger partial charge in [0.1, 0.15) is 9.73 Å². The minimum Gasteiger partial charge on any atom is -0.439 e. The van der Waals surface area contributed by atoms with Crippen molar-refractivity contribution >= 4 is 32.5 Å². The van der Waals surface area contributed by atoms with Gasteiger partial charge in [0.25, 0.3) is 10.0 Å². The van der Waals surface area contributed by atoms with E-state index in [0.29, 0.717) is 21.2 Å². The first kappa shape index (κ1) is 13.3. The van der Waals surface area contributed by atoms with Crippen LogP contribution in [0.4, 0.5) is 0 Å². The molecule has 0 fully saturated rings. The minimum atomic E-state index is -3.51. The van der Waals surface area contributed by atoms with Crippen molar-refractivity contribution in [3.8, 4) is 0 Å². The fourth-order valence-electron chi connectivity index (χ4n) is 1.78. The molecule has 5 nitrogen and oxygen atoms in total. The van der Waals surface area contributed by atoms with Crippen LogP contribution >= 0.6 is 11.3 Å². The van der Waals surface area contributed by atoms with Crippen LogP contribution in [0.15, 0.2) is 45.0 Å². The average Bonchev–Trinajstić information content (AvgIpc) is 3.02. The summed E-state index contributed by atoms with van der Waals surface area (Å²) in [6.45, 7) is 1.90. The summed E-state index contributed by atoms with van der Waals surface area (Å²) in [5.41, 5.74) is 1.36. The van der Waals surface area contributed by atoms with Crippen molar-refractivity contribution in [3.63, 3.8) is 0 Å². The number of nitrogens with one attached hydrogen (secondary N) is 1. The molecule has 0 aliphatic heterocycles. The van der Waals surface area contributed by atoms with E-state index in [0.717, 1.165) is 4.88 Å². The number of oxazole rings is 1. The maximum Gasteiger partial charge on any atom is 0.250 e. The molecule has 1 N–H and O–H groups in total. The molecular weight excluding hydrogens is 296 g/mol. The number of aryl methyl sites for hydroxylation is 1. The van der Waals surface area contributed by atoms with Gasteiger partial charge in [-0.15, -0.1) is 11.3 Å². The first-order valence-electron chi connectivity index (χ1n) is 5.95. The van der Waals surface area contributed by atoms with E-state index < -0.39 is 10.0 Å². The topological polar surface area (TPSA) is 72.2 Å². The third kappa shape index (κ3) is 2.60. The highest BCUT2D eigenvalue weighted by molar-refractivity contribution is 7.91. The van der Waals surface area contributed by atoms with E-state index in [1.807, 2.05) is 25.1 Å². The van der Waals surface area contributed by atoms with Gasteiger partial charge in [-0.2, -0.15) is 0 Å². The van der Waals surface area contributed by atoms with Crippen molar-refractivity contribution in [1.29, 1.82) is 0 Å². The Morgan fingerprint density at radius 1 is 1.25 bits per heavy atom. The van der Waals surface area contributed by atoms with Crippen molar-refractivity contribution < 1.29 is 12.8 Å². The monoisotopic (exact) mass is 308 g/mol. The molecule has 20 heavy (non-hydrogen) atoms. The highest BCUT2D eigenvalue weighted by Crippen LogP contribution is 2.21. The number of fused-ring (bicyclic) bond motifs is 1. The molecule has 3 aromatic rings. The SMILES string of the molecule is Cc1ccc(S(=O)(=O)NCc2nc3ccccc3o2)s1. The lowest BCUT2D eigenvalue weighted by atomic mass is 10.3. The molecule has 0 aliphatic carbocycles. The van der Waals surface area contributed by atoms with Crippen LogP contribution in [0.3, 0.4) is 0 Å². The molecule has 104 valence electrons. The van der Waals surface area contributed by atoms with Gasteiger partial charge in [-0.05, 0) is 31.2 Å². The zero-order valence-electron chi connectivity index (χ0n) is 10.7. The zero-order chi connectivity index (χ0) is 14.2. The third-order valence-electron chi connectivity index (χ3n) is 2.73. The van der Waals surface area contributed by atoms with Gasteiger partial charge >= 0.3 is 0 Å². The van der Waals surface area contributed by atoms with Gasteiger partial charge in [0, 0.05) is 4.88 Å². The number of nitrogens with zero attached hydrogens (tertiary/aromatic N) is 1. The molecule has 0 unspecified atom stereocenters. The van der Waals surface area contributed by atoms with Gasteiger partial charge in [-0.25, -0.2) is 18.1 Å². The van der Waals surface area contributed by atoms with Gasteiger partial charge in [0.2, 0.25) is 5.89 Å². The van der Waals surface area contributed by atoms with E-state index in [1.54, 1.807) is 18.2 Å². The number of thiophene rings is 1. The number of rotatable bonds is 4. The number of sulfonamides is 1. The summed E-state index contributed by atoms with van der Waals surface area (Å²) in [4.78, 5) is 5.18. The lowest BCUT2D eigenvalue weighted by Gasteiger charge is -2.01. The van der Waals surface area contributed by atoms with E-state index in [-0.39, 0.29) is 6.54 Å². The summed E-state index contributed by atoms with van der Waals surface area (Å²) in [7, 11) is -3.51. The minimum absolute atomic E-state index is 0.0357. The van der Waals surface area contributed by atoms with E-state index >= 15 is 0 Å². The number of benzene rings is 1. The van der Waals surface area contributed by atoms with E-state index in [2.05, 4.69) is 9.71 Å². The Bertz CT molecular complexity index is 816. The van der Waals surface area contributed by atoms with E-state index in [9.17, 15) is 8.42 Å². The maximum atomic E-state index is 12.1. The molecule has 1 aromatic carbocycles. The second kappa shape index (κ2) is 5.01. The van der Waals surface area contributed by atoms with Crippen molar-refractivity contribution in [2.45, 2.75) is 17.7 Å². The van der Waals surface area contributed by atoms with Crippen molar-refractivity contribution in [2.75, 3.05) is 0 Å². The Kier molecular flexibility index (Phi) is 3.33. The van der Waals surface area contributed by atoms with Crippen LogP contribution < -0.4 is 4.72 Å². The Morgan fingerprint density at radius 3 is 2.75 bits per heavy atom. The smallest absolute Gasteiger partial charge is 0.250 e. The molecule has 0 radical (unpaired) electrons. The van der Waals surface area contributed by atoms with Gasteiger partial charge in [-0.1, -0.05) is 12.1 Å². The molecule has 7 heteroatoms. The summed E-state index contributed by atoms with van der Waals surface area (Å²) >= 11 is 1.23. The van der Waals surface area contributed by atoms with Crippen LogP contribution in [0, 0.1) is 6.92 Å². The van der Waals surface area contributed by atoms with Crippen LogP contribution in [0.2, 0.25) is 0 Å². The summed E-state index contributed by atoms with van der Waals surface area (Å²) < 4.78 is 32.4. The fourth-order valence-corrected chi connectivity index (χ4v) is 4.08. The predicted octanol–water partition coefficient (Wildman–Crippen LogP) is 2.68. The largest absolute Gasteiger partial charge is 0.439 e. The molecular formula is C13H12N2O3S2. The number of aromatic nitrogens is 1. The van der Waals surface area contributed by atoms with Crippen LogP contribution in [-0.2, 0) is 16.6 Å². The van der Waals surface area contributed by atoms with Crippen LogP contribution in [0.1, 0.15) is 10.8 Å². The molecule has 0 saturated heterocycles. The zero-order valence-corrected chi connectivity index (χ0v) is 12.3. The second-order valence-corrected chi connectivity index (χ2v) is 7.55. The molecule has 2 aromatic heterocycles. The summed E-state index contributed by atoms with van der Waals surface area (Å²) in [5, 5.41) is 0. The quantitative estimate of drug-likeness (QED) is 0.804. The highest BCUT2D eigenvalue weighted by Gasteiger charge is 2.17. The highest BCUT2D eigenvalue weighted by atomic mass is 32.2. The summed E-state index contributed by atoms with van der Waals surface area (Å²) in [6.07, 6.45) is 0. The van der Waals surface area contributed by atoms with Gasteiger partial charge in [-0.3, -0.25) is 0 Å². The standard InChI is InChI=1S/C13H12N2O3S2/c1-9-6-7-13(19-9)20(16,17)14-8-12-15-10-4-2-3-5-11(10)18-12/h2-7,14H,8H2,1H3. The second-order valence-electron chi connectivity index (χ2n) is 4.26. The Balaban J connectivity index is 1.79. The lowest BCUT2D eigenvalue weighted by molar-refractivity contribution is 0.514. The summed E-state index contributed by atoms with van der Waals surface area (Å²) in [5.74, 6) is 0.350. The van der Waals surface area contributed by atoms with Crippen LogP contribution in [0.5, 0.6) is 0 Å². The van der Waals surface area contributed by atoms with Crippen molar-refractivity contribution in [3.05, 3.63) is 47.2 Å². The molecule has 0 aliphatic rings. The van der Waals surface area contributed by atoms with E-state index in [1.165, 1.54) is 11.3 Å². The van der Waals surface area contributed by atoms with E-state index in [4.69, 9.17) is 4.42 Å². The fraction of sp³-hybridized carbons (Fsp3) is 0.154. The van der Waals surface area contributed by atoms with Gasteiger partial charge in [0.05, 0.1) is 6.54 Å². The molecule has 0 saturated carbocycles. The Labute approximate surface area is 120 Å². The Hall–Kier alpha value is -1.70. The molecule has 0 amide bonds. The maximum absolute atomic E-state index is 12.1. The van der Waals surface area contributed by atoms with Crippen LogP contribution in [-0.4, -0.2) is 13.4 Å². The number of para-hydroxylation sites is 2. The molecule has 0 bridgehead atoms. The molecule has 3 rings (SSSR count). The van der Waals surface area contributed by atoms with Gasteiger partial charge in [0.15, 0.2) is 5.58 Å². The third-order valence-corrected chi connectivity index (χ3v) is 5.63. The predicted molar refractivity (Wildman–Crippen MR) is 77.1 cm³/mol. The summed E-state index contributed by atoms with van der Waals surface area (Å²) in [6, 6.07) is 10.7. The normalized spacial score (nSPS) is 12.1. The lowest BCUT2D eigenvalue weighted by Crippen LogP contribution is -2.22. The van der Waals surface area contributed by atoms with Gasteiger partial charge < -0.3 is 4.42 Å². The van der Waals surface area contributed by atoms with Crippen molar-refractivity contribution in [1.82, 2.24) is 9.71 Å². The van der Waals surface area contributed by atoms with Crippen molar-refractivity contribution in [2.24, 2.45) is 0 Å². The molecule has 2 heterocycles. The number of hydrogen-bond acceptors (Lipinski definition) is 5. The average molecular weight is 308 g/mol.